The molecule has 1 aliphatic rings. The van der Waals surface area contributed by atoms with Crippen LogP contribution < -0.4 is 0 Å². The van der Waals surface area contributed by atoms with Gasteiger partial charge < -0.3 is 9.30 Å². The van der Waals surface area contributed by atoms with E-state index < -0.39 is 0 Å². The van der Waals surface area contributed by atoms with Crippen molar-refractivity contribution in [2.24, 2.45) is 0 Å². The van der Waals surface area contributed by atoms with Crippen LogP contribution in [0.5, 0.6) is 0 Å². The normalized spacial score (nSPS) is 33.1. The molecule has 0 spiro atoms. The Labute approximate surface area is 88.3 Å². The van der Waals surface area contributed by atoms with E-state index in [0.29, 0.717) is 23.0 Å². The molecular formula is C9H15N3OS. The van der Waals surface area contributed by atoms with E-state index in [0.717, 1.165) is 12.8 Å². The fourth-order valence-electron chi connectivity index (χ4n) is 2.11. The number of nitrogens with one attached hydrogen (secondary N) is 1. The third-order valence-electron chi connectivity index (χ3n) is 2.64. The Hall–Kier alpha value is -0.680. The minimum absolute atomic E-state index is 0.306. The van der Waals surface area contributed by atoms with E-state index in [1.54, 1.807) is 6.33 Å². The van der Waals surface area contributed by atoms with E-state index in [1.807, 2.05) is 4.57 Å². The van der Waals surface area contributed by atoms with Gasteiger partial charge in [0.2, 0.25) is 0 Å². The topological polar surface area (TPSA) is 42.8 Å². The van der Waals surface area contributed by atoms with Gasteiger partial charge in [-0.15, -0.1) is 0 Å². The number of H-pyrrole nitrogens is 1. The molecule has 0 saturated carbocycles. The minimum atomic E-state index is 0.306. The molecule has 2 heterocycles. The van der Waals surface area contributed by atoms with Gasteiger partial charge in [-0.2, -0.15) is 5.10 Å². The van der Waals surface area contributed by atoms with Crippen LogP contribution in [-0.2, 0) is 4.74 Å². The molecule has 1 saturated heterocycles. The molecule has 1 N–H and O–H groups in total. The van der Waals surface area contributed by atoms with Crippen LogP contribution in [0.25, 0.3) is 0 Å². The highest BCUT2D eigenvalue weighted by Crippen LogP contribution is 2.28. The first-order chi connectivity index (χ1) is 6.66. The molecule has 0 radical (unpaired) electrons. The van der Waals surface area contributed by atoms with Gasteiger partial charge in [0.25, 0.3) is 0 Å². The van der Waals surface area contributed by atoms with Crippen LogP contribution in [0, 0.1) is 4.77 Å². The summed E-state index contributed by atoms with van der Waals surface area (Å²) < 4.78 is 8.41. The van der Waals surface area contributed by atoms with E-state index in [4.69, 9.17) is 17.0 Å². The lowest BCUT2D eigenvalue weighted by Crippen LogP contribution is -2.30. The van der Waals surface area contributed by atoms with Gasteiger partial charge in [-0.3, -0.25) is 5.10 Å². The first-order valence-corrected chi connectivity index (χ1v) is 5.34. The molecule has 78 valence electrons. The Balaban J connectivity index is 2.19. The lowest BCUT2D eigenvalue weighted by molar-refractivity contribution is -0.0489. The van der Waals surface area contributed by atoms with Crippen molar-refractivity contribution >= 4 is 12.2 Å². The van der Waals surface area contributed by atoms with E-state index in [9.17, 15) is 0 Å². The van der Waals surface area contributed by atoms with Crippen molar-refractivity contribution in [3.05, 3.63) is 11.1 Å². The Morgan fingerprint density at radius 2 is 2.14 bits per heavy atom. The van der Waals surface area contributed by atoms with Gasteiger partial charge in [0.1, 0.15) is 6.33 Å². The molecule has 2 atom stereocenters. The second-order valence-electron chi connectivity index (χ2n) is 3.95. The SMILES string of the molecule is CC1CC(n2cn[nH]c2=S)CC(C)O1. The summed E-state index contributed by atoms with van der Waals surface area (Å²) in [5.41, 5.74) is 0. The highest BCUT2D eigenvalue weighted by Gasteiger charge is 2.25. The van der Waals surface area contributed by atoms with E-state index in [1.165, 1.54) is 0 Å². The van der Waals surface area contributed by atoms with Crippen molar-refractivity contribution in [2.45, 2.75) is 44.9 Å². The first kappa shape index (κ1) is 9.86. The van der Waals surface area contributed by atoms with Gasteiger partial charge in [-0.05, 0) is 38.9 Å². The fourth-order valence-corrected chi connectivity index (χ4v) is 2.36. The molecule has 2 rings (SSSR count). The van der Waals surface area contributed by atoms with E-state index >= 15 is 0 Å². The van der Waals surface area contributed by atoms with Gasteiger partial charge in [0, 0.05) is 6.04 Å². The predicted octanol–water partition coefficient (Wildman–Crippen LogP) is 2.07. The third kappa shape index (κ3) is 1.88. The lowest BCUT2D eigenvalue weighted by atomic mass is 10.00. The molecule has 4 nitrogen and oxygen atoms in total. The molecule has 5 heteroatoms. The van der Waals surface area contributed by atoms with Gasteiger partial charge in [-0.1, -0.05) is 0 Å². The zero-order chi connectivity index (χ0) is 10.1. The Kier molecular flexibility index (Phi) is 2.69. The molecule has 14 heavy (non-hydrogen) atoms. The van der Waals surface area contributed by atoms with Crippen molar-refractivity contribution < 1.29 is 4.74 Å². The van der Waals surface area contributed by atoms with Crippen molar-refractivity contribution in [1.82, 2.24) is 14.8 Å². The molecule has 0 aliphatic carbocycles. The first-order valence-electron chi connectivity index (χ1n) is 4.94. The quantitative estimate of drug-likeness (QED) is 0.726. The van der Waals surface area contributed by atoms with Crippen molar-refractivity contribution in [2.75, 3.05) is 0 Å². The highest BCUT2D eigenvalue weighted by atomic mass is 32.1. The summed E-state index contributed by atoms with van der Waals surface area (Å²) >= 11 is 5.15. The Bertz CT molecular complexity index is 349. The number of hydrogen-bond donors (Lipinski definition) is 1. The number of ether oxygens (including phenoxy) is 1. The number of aromatic amines is 1. The largest absolute Gasteiger partial charge is 0.375 e. The summed E-state index contributed by atoms with van der Waals surface area (Å²) in [4.78, 5) is 0. The van der Waals surface area contributed by atoms with Crippen molar-refractivity contribution in [3.8, 4) is 0 Å². The summed E-state index contributed by atoms with van der Waals surface area (Å²) in [6.07, 6.45) is 4.41. The molecule has 0 bridgehead atoms. The zero-order valence-corrected chi connectivity index (χ0v) is 9.25. The fraction of sp³-hybridized carbons (Fsp3) is 0.778. The maximum absolute atomic E-state index is 5.68. The molecule has 1 aliphatic heterocycles. The maximum Gasteiger partial charge on any atom is 0.195 e. The summed E-state index contributed by atoms with van der Waals surface area (Å²) in [5, 5.41) is 6.72. The molecule has 0 aromatic carbocycles. The van der Waals surface area contributed by atoms with Crippen LogP contribution in [0.3, 0.4) is 0 Å². The standard InChI is InChI=1S/C9H15N3OS/c1-6-3-8(4-7(2)13-6)12-5-10-11-9(12)14/h5-8H,3-4H2,1-2H3,(H,11,14). The molecule has 1 aromatic heterocycles. The van der Waals surface area contributed by atoms with Gasteiger partial charge in [-0.25, -0.2) is 0 Å². The van der Waals surface area contributed by atoms with Crippen LogP contribution >= 0.6 is 12.2 Å². The van der Waals surface area contributed by atoms with E-state index in [-0.39, 0.29) is 0 Å². The van der Waals surface area contributed by atoms with Crippen molar-refractivity contribution in [1.29, 1.82) is 0 Å². The minimum Gasteiger partial charge on any atom is -0.375 e. The summed E-state index contributed by atoms with van der Waals surface area (Å²) in [6.45, 7) is 4.21. The average Bonchev–Trinajstić information content (AvgIpc) is 2.49. The molecule has 1 fully saturated rings. The second kappa shape index (κ2) is 3.82. The monoisotopic (exact) mass is 213 g/mol. The highest BCUT2D eigenvalue weighted by molar-refractivity contribution is 7.71. The molecule has 0 amide bonds. The van der Waals surface area contributed by atoms with E-state index in [2.05, 4.69) is 24.0 Å². The Morgan fingerprint density at radius 1 is 1.50 bits per heavy atom. The summed E-state index contributed by atoms with van der Waals surface area (Å²) in [7, 11) is 0. The Morgan fingerprint density at radius 3 is 2.64 bits per heavy atom. The van der Waals surface area contributed by atoms with Crippen LogP contribution in [0.2, 0.25) is 0 Å². The van der Waals surface area contributed by atoms with Gasteiger partial charge in [0.05, 0.1) is 12.2 Å². The van der Waals surface area contributed by atoms with Gasteiger partial charge in [0.15, 0.2) is 4.77 Å². The van der Waals surface area contributed by atoms with Gasteiger partial charge >= 0.3 is 0 Å². The lowest BCUT2D eigenvalue weighted by Gasteiger charge is -2.32. The molecular weight excluding hydrogens is 198 g/mol. The van der Waals surface area contributed by atoms with Crippen LogP contribution in [-0.4, -0.2) is 27.0 Å². The second-order valence-corrected chi connectivity index (χ2v) is 4.34. The smallest absolute Gasteiger partial charge is 0.195 e. The number of hydrogen-bond acceptors (Lipinski definition) is 3. The zero-order valence-electron chi connectivity index (χ0n) is 8.43. The maximum atomic E-state index is 5.68. The number of nitrogens with zero attached hydrogens (tertiary/aromatic N) is 2. The third-order valence-corrected chi connectivity index (χ3v) is 2.94. The van der Waals surface area contributed by atoms with Crippen LogP contribution in [0.4, 0.5) is 0 Å². The summed E-state index contributed by atoms with van der Waals surface area (Å²) in [6, 6.07) is 0.431. The molecule has 2 unspecified atom stereocenters. The average molecular weight is 213 g/mol. The molecule has 1 aromatic rings. The van der Waals surface area contributed by atoms with Crippen LogP contribution in [0.1, 0.15) is 32.7 Å². The number of rotatable bonds is 1. The van der Waals surface area contributed by atoms with Crippen molar-refractivity contribution in [3.63, 3.8) is 0 Å². The predicted molar refractivity (Wildman–Crippen MR) is 55.7 cm³/mol. The summed E-state index contributed by atoms with van der Waals surface area (Å²) in [5.74, 6) is 0. The number of aromatic nitrogens is 3. The van der Waals surface area contributed by atoms with Crippen LogP contribution in [0.15, 0.2) is 6.33 Å².